The van der Waals surface area contributed by atoms with E-state index in [0.29, 0.717) is 18.3 Å². The van der Waals surface area contributed by atoms with Crippen molar-refractivity contribution >= 4 is 17.3 Å². The van der Waals surface area contributed by atoms with E-state index in [1.165, 1.54) is 19.3 Å². The van der Waals surface area contributed by atoms with Gasteiger partial charge >= 0.3 is 0 Å². The number of rotatable bonds is 5. The summed E-state index contributed by atoms with van der Waals surface area (Å²) in [5.41, 5.74) is 1.98. The Morgan fingerprint density at radius 1 is 1.27 bits per heavy atom. The molecule has 120 valence electrons. The maximum atomic E-state index is 12.2. The molecule has 1 aliphatic carbocycles. The second-order valence-electron chi connectivity index (χ2n) is 6.07. The van der Waals surface area contributed by atoms with Gasteiger partial charge < -0.3 is 10.5 Å². The number of nitrogens with zero attached hydrogens (tertiary/aromatic N) is 2. The number of aryl methyl sites for hydroxylation is 1. The third-order valence-electron chi connectivity index (χ3n) is 4.29. The quantitative estimate of drug-likeness (QED) is 0.499. The summed E-state index contributed by atoms with van der Waals surface area (Å²) in [4.78, 5) is 14.3. The topological polar surface area (TPSA) is 64.9 Å². The van der Waals surface area contributed by atoms with E-state index in [1.807, 2.05) is 38.2 Å². The normalized spacial score (nSPS) is 16.8. The van der Waals surface area contributed by atoms with Crippen molar-refractivity contribution in [1.82, 2.24) is 4.90 Å². The molecule has 2 N–H and O–H groups in total. The molecule has 1 saturated carbocycles. The predicted octanol–water partition coefficient (Wildman–Crippen LogP) is 3.03. The number of benzene rings is 1. The van der Waals surface area contributed by atoms with E-state index in [-0.39, 0.29) is 11.6 Å². The molecule has 1 aromatic carbocycles. The number of carbonyl (C=O) groups excluding carboxylic acids is 1. The van der Waals surface area contributed by atoms with Crippen LogP contribution in [0.25, 0.3) is 0 Å². The molecule has 5 heteroatoms. The van der Waals surface area contributed by atoms with Gasteiger partial charge in [0.25, 0.3) is 5.91 Å². The van der Waals surface area contributed by atoms with Gasteiger partial charge in [-0.3, -0.25) is 9.69 Å². The SMILES string of the molecule is Cc1ccc(NC(=O)/C(CN(C)C2CCCCC2)=N\O)cc1. The third kappa shape index (κ3) is 4.56. The van der Waals surface area contributed by atoms with Crippen LogP contribution in [0, 0.1) is 6.92 Å². The van der Waals surface area contributed by atoms with Crippen LogP contribution in [-0.4, -0.2) is 41.4 Å². The molecule has 0 atom stereocenters. The Bertz CT molecular complexity index is 519. The zero-order valence-electron chi connectivity index (χ0n) is 13.4. The average molecular weight is 303 g/mol. The summed E-state index contributed by atoms with van der Waals surface area (Å²) in [7, 11) is 1.99. The monoisotopic (exact) mass is 303 g/mol. The lowest BCUT2D eigenvalue weighted by molar-refractivity contribution is -0.110. The molecule has 0 saturated heterocycles. The van der Waals surface area contributed by atoms with Crippen LogP contribution >= 0.6 is 0 Å². The van der Waals surface area contributed by atoms with Crippen molar-refractivity contribution in [1.29, 1.82) is 0 Å². The molecule has 0 spiro atoms. The summed E-state index contributed by atoms with van der Waals surface area (Å²) < 4.78 is 0. The van der Waals surface area contributed by atoms with Gasteiger partial charge in [0, 0.05) is 18.3 Å². The molecule has 1 amide bonds. The first-order chi connectivity index (χ1) is 10.6. The Morgan fingerprint density at radius 2 is 1.91 bits per heavy atom. The lowest BCUT2D eigenvalue weighted by Crippen LogP contribution is -2.40. The first kappa shape index (κ1) is 16.5. The minimum atomic E-state index is -0.353. The van der Waals surface area contributed by atoms with Gasteiger partial charge in [0.1, 0.15) is 0 Å². The van der Waals surface area contributed by atoms with E-state index >= 15 is 0 Å². The molecule has 1 aromatic rings. The van der Waals surface area contributed by atoms with Crippen molar-refractivity contribution in [2.24, 2.45) is 5.16 Å². The van der Waals surface area contributed by atoms with E-state index in [1.54, 1.807) is 0 Å². The van der Waals surface area contributed by atoms with Gasteiger partial charge in [-0.25, -0.2) is 0 Å². The fourth-order valence-electron chi connectivity index (χ4n) is 2.88. The standard InChI is InChI=1S/C17H25N3O2/c1-13-8-10-14(11-9-13)18-17(21)16(19-22)12-20(2)15-6-4-3-5-7-15/h8-11,15,22H,3-7,12H2,1-2H3,(H,18,21)/b19-16-. The highest BCUT2D eigenvalue weighted by Crippen LogP contribution is 2.21. The van der Waals surface area contributed by atoms with Gasteiger partial charge in [-0.15, -0.1) is 0 Å². The molecular formula is C17H25N3O2. The molecule has 2 rings (SSSR count). The minimum Gasteiger partial charge on any atom is -0.410 e. The molecule has 0 aliphatic heterocycles. The van der Waals surface area contributed by atoms with Crippen LogP contribution in [0.5, 0.6) is 0 Å². The van der Waals surface area contributed by atoms with Crippen LogP contribution in [0.2, 0.25) is 0 Å². The number of nitrogens with one attached hydrogen (secondary N) is 1. The Morgan fingerprint density at radius 3 is 2.50 bits per heavy atom. The second kappa shape index (κ2) is 7.94. The molecule has 0 aromatic heterocycles. The first-order valence-corrected chi connectivity index (χ1v) is 7.89. The Labute approximate surface area is 132 Å². The summed E-state index contributed by atoms with van der Waals surface area (Å²) in [6, 6.07) is 8.01. The number of hydrogen-bond acceptors (Lipinski definition) is 4. The van der Waals surface area contributed by atoms with E-state index < -0.39 is 0 Å². The third-order valence-corrected chi connectivity index (χ3v) is 4.29. The minimum absolute atomic E-state index is 0.147. The van der Waals surface area contributed by atoms with Crippen molar-refractivity contribution < 1.29 is 10.0 Å². The van der Waals surface area contributed by atoms with Crippen molar-refractivity contribution in [3.8, 4) is 0 Å². The Balaban J connectivity index is 1.92. The lowest BCUT2D eigenvalue weighted by Gasteiger charge is -2.30. The van der Waals surface area contributed by atoms with Crippen LogP contribution < -0.4 is 5.32 Å². The maximum absolute atomic E-state index is 12.2. The summed E-state index contributed by atoms with van der Waals surface area (Å²) in [5.74, 6) is -0.353. The molecule has 0 heterocycles. The number of hydrogen-bond donors (Lipinski definition) is 2. The molecule has 5 nitrogen and oxygen atoms in total. The molecule has 0 radical (unpaired) electrons. The fraction of sp³-hybridized carbons (Fsp3) is 0.529. The highest BCUT2D eigenvalue weighted by molar-refractivity contribution is 6.43. The zero-order valence-corrected chi connectivity index (χ0v) is 13.4. The molecule has 22 heavy (non-hydrogen) atoms. The van der Waals surface area contributed by atoms with E-state index in [9.17, 15) is 4.79 Å². The molecular weight excluding hydrogens is 278 g/mol. The van der Waals surface area contributed by atoms with E-state index in [4.69, 9.17) is 5.21 Å². The number of anilines is 1. The van der Waals surface area contributed by atoms with Crippen LogP contribution in [-0.2, 0) is 4.79 Å². The molecule has 0 bridgehead atoms. The summed E-state index contributed by atoms with van der Waals surface area (Å²) in [5, 5.41) is 15.1. The number of oxime groups is 1. The van der Waals surface area contributed by atoms with E-state index in [2.05, 4.69) is 15.4 Å². The molecule has 1 aliphatic rings. The van der Waals surface area contributed by atoms with Crippen molar-refractivity contribution in [2.75, 3.05) is 18.9 Å². The average Bonchev–Trinajstić information content (AvgIpc) is 2.55. The van der Waals surface area contributed by atoms with Gasteiger partial charge in [0.05, 0.1) is 0 Å². The van der Waals surface area contributed by atoms with Crippen LogP contribution in [0.15, 0.2) is 29.4 Å². The molecule has 0 unspecified atom stereocenters. The van der Waals surface area contributed by atoms with Gasteiger partial charge in [-0.1, -0.05) is 42.1 Å². The first-order valence-electron chi connectivity index (χ1n) is 7.89. The fourth-order valence-corrected chi connectivity index (χ4v) is 2.88. The zero-order chi connectivity index (χ0) is 15.9. The van der Waals surface area contributed by atoms with Gasteiger partial charge in [-0.2, -0.15) is 0 Å². The van der Waals surface area contributed by atoms with Crippen LogP contribution in [0.3, 0.4) is 0 Å². The number of amides is 1. The maximum Gasteiger partial charge on any atom is 0.274 e. The largest absolute Gasteiger partial charge is 0.410 e. The molecule has 1 fully saturated rings. The second-order valence-corrected chi connectivity index (χ2v) is 6.07. The predicted molar refractivity (Wildman–Crippen MR) is 88.5 cm³/mol. The van der Waals surface area contributed by atoms with Gasteiger partial charge in [0.15, 0.2) is 5.71 Å². The number of carbonyl (C=O) groups is 1. The highest BCUT2D eigenvalue weighted by atomic mass is 16.4. The van der Waals surface area contributed by atoms with Gasteiger partial charge in [0.2, 0.25) is 0 Å². The lowest BCUT2D eigenvalue weighted by atomic mass is 9.94. The van der Waals surface area contributed by atoms with Gasteiger partial charge in [-0.05, 0) is 38.9 Å². The van der Waals surface area contributed by atoms with E-state index in [0.717, 1.165) is 18.4 Å². The Hall–Kier alpha value is -1.88. The van der Waals surface area contributed by atoms with Crippen molar-refractivity contribution in [2.45, 2.75) is 45.1 Å². The summed E-state index contributed by atoms with van der Waals surface area (Å²) in [6.45, 7) is 2.35. The van der Waals surface area contributed by atoms with Crippen molar-refractivity contribution in [3.05, 3.63) is 29.8 Å². The summed E-state index contributed by atoms with van der Waals surface area (Å²) in [6.07, 6.45) is 6.05. The van der Waals surface area contributed by atoms with Crippen molar-refractivity contribution in [3.63, 3.8) is 0 Å². The Kier molecular flexibility index (Phi) is 5.95. The smallest absolute Gasteiger partial charge is 0.274 e. The van der Waals surface area contributed by atoms with Crippen LogP contribution in [0.1, 0.15) is 37.7 Å². The highest BCUT2D eigenvalue weighted by Gasteiger charge is 2.22. The van der Waals surface area contributed by atoms with Crippen LogP contribution in [0.4, 0.5) is 5.69 Å². The summed E-state index contributed by atoms with van der Waals surface area (Å²) >= 11 is 0.